The largest absolute Gasteiger partial charge is 0.386 e. The second-order valence-electron chi connectivity index (χ2n) is 7.06. The lowest BCUT2D eigenvalue weighted by Gasteiger charge is -2.30. The number of benzene rings is 1. The second-order valence-corrected chi connectivity index (χ2v) is 7.06. The predicted octanol–water partition coefficient (Wildman–Crippen LogP) is 3.15. The number of rotatable bonds is 8. The van der Waals surface area contributed by atoms with Crippen LogP contribution >= 0.6 is 24.0 Å². The molecule has 3 N–H and O–H groups in total. The van der Waals surface area contributed by atoms with Gasteiger partial charge in [0.1, 0.15) is 11.9 Å². The van der Waals surface area contributed by atoms with Gasteiger partial charge in [-0.25, -0.2) is 4.39 Å². The zero-order chi connectivity index (χ0) is 18.8. The summed E-state index contributed by atoms with van der Waals surface area (Å²) < 4.78 is 13.7. The number of nitrogens with one attached hydrogen (secondary N) is 2. The minimum atomic E-state index is -0.943. The fourth-order valence-electron chi connectivity index (χ4n) is 3.16. The minimum Gasteiger partial charge on any atom is -0.386 e. The summed E-state index contributed by atoms with van der Waals surface area (Å²) in [5.74, 6) is 1.12. The van der Waals surface area contributed by atoms with Gasteiger partial charge in [0.15, 0.2) is 5.96 Å². The first-order chi connectivity index (χ1) is 12.6. The first kappa shape index (κ1) is 24.1. The molecule has 1 saturated heterocycles. The molecule has 1 aromatic rings. The Balaban J connectivity index is 0.00000364. The van der Waals surface area contributed by atoms with Gasteiger partial charge >= 0.3 is 0 Å². The van der Waals surface area contributed by atoms with Crippen molar-refractivity contribution in [3.8, 4) is 0 Å². The molecule has 1 aliphatic rings. The van der Waals surface area contributed by atoms with Gasteiger partial charge in [-0.15, -0.1) is 24.0 Å². The third-order valence-electron chi connectivity index (χ3n) is 4.85. The highest BCUT2D eigenvalue weighted by molar-refractivity contribution is 14.0. The summed E-state index contributed by atoms with van der Waals surface area (Å²) in [7, 11) is 0. The highest BCUT2D eigenvalue weighted by Gasteiger charge is 2.15. The van der Waals surface area contributed by atoms with Crippen molar-refractivity contribution < 1.29 is 9.50 Å². The van der Waals surface area contributed by atoms with Crippen molar-refractivity contribution in [3.63, 3.8) is 0 Å². The van der Waals surface area contributed by atoms with Crippen molar-refractivity contribution in [3.05, 3.63) is 35.6 Å². The van der Waals surface area contributed by atoms with Crippen molar-refractivity contribution >= 4 is 29.9 Å². The van der Waals surface area contributed by atoms with Crippen molar-refractivity contribution in [1.82, 2.24) is 15.5 Å². The topological polar surface area (TPSA) is 59.9 Å². The minimum absolute atomic E-state index is 0. The monoisotopic (exact) mass is 492 g/mol. The Morgan fingerprint density at radius 2 is 2.00 bits per heavy atom. The molecular formula is C20H34FIN4O. The molecule has 27 heavy (non-hydrogen) atoms. The first-order valence-electron chi connectivity index (χ1n) is 9.77. The number of hydrogen-bond donors (Lipinski definition) is 3. The van der Waals surface area contributed by atoms with Crippen LogP contribution in [0.4, 0.5) is 4.39 Å². The molecule has 1 atom stereocenters. The number of likely N-dealkylation sites (tertiary alicyclic amines) is 1. The molecule has 0 aliphatic carbocycles. The summed E-state index contributed by atoms with van der Waals surface area (Å²) >= 11 is 0. The van der Waals surface area contributed by atoms with Crippen LogP contribution in [0.15, 0.2) is 29.3 Å². The van der Waals surface area contributed by atoms with Crippen LogP contribution in [-0.4, -0.2) is 55.2 Å². The van der Waals surface area contributed by atoms with Gasteiger partial charge in [0, 0.05) is 18.7 Å². The van der Waals surface area contributed by atoms with Gasteiger partial charge in [0.25, 0.3) is 0 Å². The van der Waals surface area contributed by atoms with E-state index in [4.69, 9.17) is 0 Å². The predicted molar refractivity (Wildman–Crippen MR) is 120 cm³/mol. The number of aliphatic imine (C=N–C) groups is 1. The summed E-state index contributed by atoms with van der Waals surface area (Å²) in [6.45, 7) is 9.51. The number of piperidine rings is 1. The first-order valence-corrected chi connectivity index (χ1v) is 9.77. The highest BCUT2D eigenvalue weighted by atomic mass is 127. The average Bonchev–Trinajstić information content (AvgIpc) is 2.64. The molecule has 1 aliphatic heterocycles. The fraction of sp³-hybridized carbons (Fsp3) is 0.650. The number of nitrogens with zero attached hydrogens (tertiary/aromatic N) is 2. The number of aliphatic hydroxyl groups is 1. The van der Waals surface area contributed by atoms with Crippen LogP contribution in [0.3, 0.4) is 0 Å². The standard InChI is InChI=1S/C20H33FN4O.HI/c1-3-22-20(23-11-6-12-25-13-9-16(2)10-14-25)24-15-19(26)17-7-4-5-8-18(17)21;/h4-5,7-8,16,19,26H,3,6,9-15H2,1-2H3,(H2,22,23,24);1H. The second kappa shape index (κ2) is 13.3. The van der Waals surface area contributed by atoms with E-state index in [0.717, 1.165) is 32.0 Å². The number of aliphatic hydroxyl groups excluding tert-OH is 1. The molecule has 0 spiro atoms. The van der Waals surface area contributed by atoms with Gasteiger partial charge in [-0.05, 0) is 57.8 Å². The lowest BCUT2D eigenvalue weighted by molar-refractivity contribution is 0.182. The molecule has 1 unspecified atom stereocenters. The molecule has 0 saturated carbocycles. The van der Waals surface area contributed by atoms with E-state index in [2.05, 4.69) is 27.4 Å². The number of hydrogen-bond acceptors (Lipinski definition) is 3. The third-order valence-corrected chi connectivity index (χ3v) is 4.85. The summed E-state index contributed by atoms with van der Waals surface area (Å²) in [4.78, 5) is 6.91. The maximum atomic E-state index is 13.7. The van der Waals surface area contributed by atoms with E-state index < -0.39 is 11.9 Å². The van der Waals surface area contributed by atoms with Gasteiger partial charge in [-0.2, -0.15) is 0 Å². The average molecular weight is 492 g/mol. The maximum Gasteiger partial charge on any atom is 0.191 e. The van der Waals surface area contributed by atoms with E-state index in [1.807, 2.05) is 6.92 Å². The molecule has 5 nitrogen and oxygen atoms in total. The zero-order valence-corrected chi connectivity index (χ0v) is 18.8. The van der Waals surface area contributed by atoms with Crippen LogP contribution < -0.4 is 10.6 Å². The smallest absolute Gasteiger partial charge is 0.191 e. The molecule has 0 bridgehead atoms. The molecule has 1 fully saturated rings. The summed E-state index contributed by atoms with van der Waals surface area (Å²) in [6, 6.07) is 6.28. The Bertz CT molecular complexity index is 565. The molecule has 7 heteroatoms. The number of halogens is 2. The van der Waals surface area contributed by atoms with Crippen LogP contribution in [0, 0.1) is 11.7 Å². The van der Waals surface area contributed by atoms with Crippen LogP contribution in [0.1, 0.15) is 44.8 Å². The fourth-order valence-corrected chi connectivity index (χ4v) is 3.16. The van der Waals surface area contributed by atoms with Crippen molar-refractivity contribution in [1.29, 1.82) is 0 Å². The van der Waals surface area contributed by atoms with Crippen molar-refractivity contribution in [2.24, 2.45) is 10.9 Å². The lowest BCUT2D eigenvalue weighted by Crippen LogP contribution is -2.40. The molecule has 1 heterocycles. The van der Waals surface area contributed by atoms with Gasteiger partial charge in [0.2, 0.25) is 0 Å². The Labute approximate surface area is 179 Å². The molecule has 0 amide bonds. The van der Waals surface area contributed by atoms with E-state index in [9.17, 15) is 9.50 Å². The van der Waals surface area contributed by atoms with Crippen LogP contribution in [0.25, 0.3) is 0 Å². The van der Waals surface area contributed by atoms with Gasteiger partial charge in [0.05, 0.1) is 6.54 Å². The Kier molecular flexibility index (Phi) is 11.9. The molecule has 0 radical (unpaired) electrons. The Hall–Kier alpha value is -0.930. The van der Waals surface area contributed by atoms with E-state index in [1.165, 1.54) is 32.0 Å². The number of guanidine groups is 1. The van der Waals surface area contributed by atoms with E-state index >= 15 is 0 Å². The van der Waals surface area contributed by atoms with Gasteiger partial charge < -0.3 is 20.6 Å². The van der Waals surface area contributed by atoms with Crippen LogP contribution in [0.5, 0.6) is 0 Å². The Morgan fingerprint density at radius 1 is 1.30 bits per heavy atom. The summed E-state index contributed by atoms with van der Waals surface area (Å²) in [5, 5.41) is 16.6. The van der Waals surface area contributed by atoms with Gasteiger partial charge in [-0.3, -0.25) is 4.99 Å². The normalized spacial score (nSPS) is 17.3. The molecule has 154 valence electrons. The van der Waals surface area contributed by atoms with Crippen molar-refractivity contribution in [2.75, 3.05) is 39.3 Å². The van der Waals surface area contributed by atoms with E-state index in [-0.39, 0.29) is 36.1 Å². The van der Waals surface area contributed by atoms with Crippen LogP contribution in [0.2, 0.25) is 0 Å². The molecule has 1 aromatic carbocycles. The summed E-state index contributed by atoms with van der Waals surface area (Å²) in [5.41, 5.74) is 0.284. The lowest BCUT2D eigenvalue weighted by atomic mass is 9.99. The summed E-state index contributed by atoms with van der Waals surface area (Å²) in [6.07, 6.45) is 2.70. The van der Waals surface area contributed by atoms with Crippen LogP contribution in [-0.2, 0) is 0 Å². The van der Waals surface area contributed by atoms with Gasteiger partial charge in [-0.1, -0.05) is 25.1 Å². The Morgan fingerprint density at radius 3 is 2.67 bits per heavy atom. The third kappa shape index (κ3) is 8.74. The van der Waals surface area contributed by atoms with Crippen molar-refractivity contribution in [2.45, 2.75) is 39.2 Å². The maximum absolute atomic E-state index is 13.7. The SMILES string of the molecule is CCNC(=NCC(O)c1ccccc1F)NCCCN1CCC(C)CC1.I. The molecule has 2 rings (SSSR count). The van der Waals surface area contributed by atoms with E-state index in [0.29, 0.717) is 5.96 Å². The highest BCUT2D eigenvalue weighted by Crippen LogP contribution is 2.17. The molecular weight excluding hydrogens is 458 g/mol. The molecule has 0 aromatic heterocycles. The van der Waals surface area contributed by atoms with E-state index in [1.54, 1.807) is 18.2 Å². The quantitative estimate of drug-likeness (QED) is 0.226. The zero-order valence-electron chi connectivity index (χ0n) is 16.5.